The minimum Gasteiger partial charge on any atom is -0.339 e. The molecule has 2 aromatic rings. The number of pyridine rings is 1. The first-order chi connectivity index (χ1) is 12.5. The zero-order chi connectivity index (χ0) is 18.5. The van der Waals surface area contributed by atoms with Gasteiger partial charge in [-0.3, -0.25) is 14.6 Å². The van der Waals surface area contributed by atoms with Crippen molar-refractivity contribution in [3.8, 4) is 0 Å². The Bertz CT molecular complexity index is 818. The van der Waals surface area contributed by atoms with Crippen LogP contribution in [-0.4, -0.2) is 34.8 Å². The number of likely N-dealkylation sites (tertiary alicyclic amines) is 1. The molecule has 0 aliphatic carbocycles. The molecule has 3 rings (SSSR count). The summed E-state index contributed by atoms with van der Waals surface area (Å²) in [5, 5.41) is 3.47. The highest BCUT2D eigenvalue weighted by Crippen LogP contribution is 2.25. The summed E-state index contributed by atoms with van der Waals surface area (Å²) in [6.07, 6.45) is 5.81. The van der Waals surface area contributed by atoms with Crippen LogP contribution >= 0.6 is 23.2 Å². The minimum absolute atomic E-state index is 0.0575. The third kappa shape index (κ3) is 4.54. The van der Waals surface area contributed by atoms with Gasteiger partial charge in [-0.25, -0.2) is 0 Å². The lowest BCUT2D eigenvalue weighted by molar-refractivity contribution is 0.0761. The minimum atomic E-state index is -0.408. The van der Waals surface area contributed by atoms with Crippen molar-refractivity contribution < 1.29 is 9.59 Å². The average Bonchev–Trinajstić information content (AvgIpc) is 2.93. The summed E-state index contributed by atoms with van der Waals surface area (Å²) < 4.78 is 0. The number of anilines is 1. The molecule has 2 amide bonds. The summed E-state index contributed by atoms with van der Waals surface area (Å²) in [6, 6.07) is 7.99. The van der Waals surface area contributed by atoms with Crippen LogP contribution in [0.15, 0.2) is 36.5 Å². The van der Waals surface area contributed by atoms with Crippen molar-refractivity contribution in [3.63, 3.8) is 0 Å². The fourth-order valence-corrected chi connectivity index (χ4v) is 3.21. The number of carbonyl (C=O) groups is 2. The van der Waals surface area contributed by atoms with Crippen LogP contribution in [0.1, 0.15) is 46.5 Å². The van der Waals surface area contributed by atoms with E-state index in [1.165, 1.54) is 12.3 Å². The van der Waals surface area contributed by atoms with Crippen LogP contribution in [-0.2, 0) is 0 Å². The number of nitrogens with zero attached hydrogens (tertiary/aromatic N) is 2. The predicted octanol–water partition coefficient (Wildman–Crippen LogP) is 4.66. The van der Waals surface area contributed by atoms with Crippen molar-refractivity contribution in [2.45, 2.75) is 25.7 Å². The SMILES string of the molecule is O=C(Nc1ccc(Cl)c(Cl)c1)c1cc(C(=O)N2CCCCCC2)ccn1. The fourth-order valence-electron chi connectivity index (χ4n) is 2.91. The van der Waals surface area contributed by atoms with Gasteiger partial charge in [-0.2, -0.15) is 0 Å². The smallest absolute Gasteiger partial charge is 0.274 e. The Balaban J connectivity index is 1.74. The van der Waals surface area contributed by atoms with E-state index in [9.17, 15) is 9.59 Å². The molecular weight excluding hydrogens is 373 g/mol. The first kappa shape index (κ1) is 18.7. The molecule has 0 radical (unpaired) electrons. The van der Waals surface area contributed by atoms with E-state index in [2.05, 4.69) is 10.3 Å². The summed E-state index contributed by atoms with van der Waals surface area (Å²) in [5.41, 5.74) is 1.16. The molecule has 136 valence electrons. The molecule has 7 heteroatoms. The van der Waals surface area contributed by atoms with Gasteiger partial charge < -0.3 is 10.2 Å². The molecular formula is C19H19Cl2N3O2. The number of aromatic nitrogens is 1. The van der Waals surface area contributed by atoms with Crippen molar-refractivity contribution in [2.75, 3.05) is 18.4 Å². The largest absolute Gasteiger partial charge is 0.339 e. The molecule has 1 aliphatic rings. The standard InChI is InChI=1S/C19H19Cl2N3O2/c20-15-6-5-14(12-16(15)21)23-18(25)17-11-13(7-8-22-17)19(26)24-9-3-1-2-4-10-24/h5-8,11-12H,1-4,9-10H2,(H,23,25). The number of amides is 2. The molecule has 0 saturated carbocycles. The molecule has 0 unspecified atom stereocenters. The lowest BCUT2D eigenvalue weighted by Gasteiger charge is -2.20. The van der Waals surface area contributed by atoms with Gasteiger partial charge in [0.1, 0.15) is 5.69 Å². The summed E-state index contributed by atoms with van der Waals surface area (Å²) in [4.78, 5) is 31.1. The molecule has 0 spiro atoms. The van der Waals surface area contributed by atoms with Crippen LogP contribution in [0.25, 0.3) is 0 Å². The van der Waals surface area contributed by atoms with Crippen LogP contribution in [0.3, 0.4) is 0 Å². The number of hydrogen-bond donors (Lipinski definition) is 1. The highest BCUT2D eigenvalue weighted by molar-refractivity contribution is 6.42. The molecule has 26 heavy (non-hydrogen) atoms. The first-order valence-electron chi connectivity index (χ1n) is 8.56. The molecule has 1 N–H and O–H groups in total. The van der Waals surface area contributed by atoms with E-state index in [0.29, 0.717) is 21.3 Å². The Labute approximate surface area is 162 Å². The van der Waals surface area contributed by atoms with Crippen molar-refractivity contribution in [1.29, 1.82) is 0 Å². The van der Waals surface area contributed by atoms with Crippen LogP contribution in [0.5, 0.6) is 0 Å². The molecule has 1 saturated heterocycles. The Morgan fingerprint density at radius 3 is 2.38 bits per heavy atom. The van der Waals surface area contributed by atoms with Crippen molar-refractivity contribution in [2.24, 2.45) is 0 Å². The highest BCUT2D eigenvalue weighted by Gasteiger charge is 2.19. The molecule has 1 aliphatic heterocycles. The van der Waals surface area contributed by atoms with E-state index >= 15 is 0 Å². The number of benzene rings is 1. The Hall–Kier alpha value is -2.11. The highest BCUT2D eigenvalue weighted by atomic mass is 35.5. The number of halogens is 2. The Kier molecular flexibility index (Phi) is 6.12. The van der Waals surface area contributed by atoms with Gasteiger partial charge in [-0.05, 0) is 43.2 Å². The third-order valence-corrected chi connectivity index (χ3v) is 5.05. The van der Waals surface area contributed by atoms with Gasteiger partial charge >= 0.3 is 0 Å². The summed E-state index contributed by atoms with van der Waals surface area (Å²) in [6.45, 7) is 1.51. The Morgan fingerprint density at radius 2 is 1.69 bits per heavy atom. The summed E-state index contributed by atoms with van der Waals surface area (Å²) in [5.74, 6) is -0.466. The number of nitrogens with one attached hydrogen (secondary N) is 1. The number of carbonyl (C=O) groups excluding carboxylic acids is 2. The van der Waals surface area contributed by atoms with E-state index in [1.807, 2.05) is 4.90 Å². The number of hydrogen-bond acceptors (Lipinski definition) is 3. The molecule has 2 heterocycles. The third-order valence-electron chi connectivity index (χ3n) is 4.31. The van der Waals surface area contributed by atoms with E-state index in [0.717, 1.165) is 38.8 Å². The zero-order valence-corrected chi connectivity index (χ0v) is 15.7. The van der Waals surface area contributed by atoms with Crippen molar-refractivity contribution in [1.82, 2.24) is 9.88 Å². The maximum Gasteiger partial charge on any atom is 0.274 e. The molecule has 1 aromatic heterocycles. The summed E-state index contributed by atoms with van der Waals surface area (Å²) >= 11 is 11.8. The van der Waals surface area contributed by atoms with Crippen molar-refractivity contribution in [3.05, 3.63) is 57.8 Å². The fraction of sp³-hybridized carbons (Fsp3) is 0.316. The van der Waals surface area contributed by atoms with Gasteiger partial charge in [0.25, 0.3) is 11.8 Å². The van der Waals surface area contributed by atoms with Gasteiger partial charge in [0.2, 0.25) is 0 Å². The van der Waals surface area contributed by atoms with E-state index in [4.69, 9.17) is 23.2 Å². The predicted molar refractivity (Wildman–Crippen MR) is 103 cm³/mol. The molecule has 0 atom stereocenters. The van der Waals surface area contributed by atoms with Gasteiger partial charge in [0.05, 0.1) is 10.0 Å². The average molecular weight is 392 g/mol. The van der Waals surface area contributed by atoms with Gasteiger partial charge in [0.15, 0.2) is 0 Å². The van der Waals surface area contributed by atoms with E-state index in [1.54, 1.807) is 24.3 Å². The number of rotatable bonds is 3. The van der Waals surface area contributed by atoms with Gasteiger partial charge in [0, 0.05) is 30.5 Å². The second kappa shape index (κ2) is 8.52. The van der Waals surface area contributed by atoms with Crippen LogP contribution in [0.2, 0.25) is 10.0 Å². The Morgan fingerprint density at radius 1 is 0.962 bits per heavy atom. The quantitative estimate of drug-likeness (QED) is 0.827. The van der Waals surface area contributed by atoms with Crippen LogP contribution in [0, 0.1) is 0 Å². The normalized spacial score (nSPS) is 14.6. The summed E-state index contributed by atoms with van der Waals surface area (Å²) in [7, 11) is 0. The van der Waals surface area contributed by atoms with Gasteiger partial charge in [-0.15, -0.1) is 0 Å². The maximum absolute atomic E-state index is 12.7. The van der Waals surface area contributed by atoms with E-state index in [-0.39, 0.29) is 11.6 Å². The lowest BCUT2D eigenvalue weighted by atomic mass is 10.2. The zero-order valence-electron chi connectivity index (χ0n) is 14.2. The molecule has 5 nitrogen and oxygen atoms in total. The second-order valence-corrected chi connectivity index (χ2v) is 7.03. The van der Waals surface area contributed by atoms with Crippen LogP contribution in [0.4, 0.5) is 5.69 Å². The van der Waals surface area contributed by atoms with E-state index < -0.39 is 5.91 Å². The first-order valence-corrected chi connectivity index (χ1v) is 9.32. The van der Waals surface area contributed by atoms with Crippen molar-refractivity contribution >= 4 is 40.7 Å². The monoisotopic (exact) mass is 391 g/mol. The molecule has 1 aromatic carbocycles. The molecule has 0 bridgehead atoms. The molecule has 1 fully saturated rings. The maximum atomic E-state index is 12.7. The topological polar surface area (TPSA) is 62.3 Å². The lowest BCUT2D eigenvalue weighted by Crippen LogP contribution is -2.32. The second-order valence-electron chi connectivity index (χ2n) is 6.22. The van der Waals surface area contributed by atoms with Crippen LogP contribution < -0.4 is 5.32 Å². The van der Waals surface area contributed by atoms with Gasteiger partial charge in [-0.1, -0.05) is 36.0 Å².